The Morgan fingerprint density at radius 3 is 2.72 bits per heavy atom. The number of nitrogen functional groups attached to an aromatic ring is 1. The van der Waals surface area contributed by atoms with Gasteiger partial charge in [-0.25, -0.2) is 0 Å². The number of nitrogens with one attached hydrogen (secondary N) is 1. The third-order valence-corrected chi connectivity index (χ3v) is 2.23. The number of ether oxygens (including phenoxy) is 1. The summed E-state index contributed by atoms with van der Waals surface area (Å²) in [4.78, 5) is 10.6. The normalized spacial score (nSPS) is 10.4. The Labute approximate surface area is 107 Å². The lowest BCUT2D eigenvalue weighted by molar-refractivity contribution is -0.118. The molecule has 5 heteroatoms. The molecule has 0 spiro atoms. The van der Waals surface area contributed by atoms with E-state index in [9.17, 15) is 4.79 Å². The van der Waals surface area contributed by atoms with E-state index in [1.807, 2.05) is 26.0 Å². The van der Waals surface area contributed by atoms with Crippen molar-refractivity contribution in [3.63, 3.8) is 0 Å². The first-order valence-electron chi connectivity index (χ1n) is 6.07. The third-order valence-electron chi connectivity index (χ3n) is 2.23. The SMILES string of the molecule is CC(C)Oc1cc(N)cc(NCCCC(N)=O)c1. The number of benzene rings is 1. The van der Waals surface area contributed by atoms with Crippen LogP contribution in [0.15, 0.2) is 18.2 Å². The van der Waals surface area contributed by atoms with Crippen molar-refractivity contribution >= 4 is 17.3 Å². The molecule has 0 aromatic heterocycles. The molecular weight excluding hydrogens is 230 g/mol. The Morgan fingerprint density at radius 2 is 2.11 bits per heavy atom. The minimum absolute atomic E-state index is 0.106. The van der Waals surface area contributed by atoms with Crippen molar-refractivity contribution < 1.29 is 9.53 Å². The number of carbonyl (C=O) groups is 1. The smallest absolute Gasteiger partial charge is 0.217 e. The van der Waals surface area contributed by atoms with E-state index >= 15 is 0 Å². The lowest BCUT2D eigenvalue weighted by Crippen LogP contribution is -2.13. The third kappa shape index (κ3) is 5.43. The fraction of sp³-hybridized carbons (Fsp3) is 0.462. The zero-order chi connectivity index (χ0) is 13.5. The van der Waals surface area contributed by atoms with E-state index in [1.165, 1.54) is 0 Å². The zero-order valence-corrected chi connectivity index (χ0v) is 10.9. The van der Waals surface area contributed by atoms with Gasteiger partial charge in [-0.15, -0.1) is 0 Å². The maximum Gasteiger partial charge on any atom is 0.217 e. The summed E-state index contributed by atoms with van der Waals surface area (Å²) in [6.07, 6.45) is 1.18. The molecule has 0 atom stereocenters. The molecule has 0 radical (unpaired) electrons. The standard InChI is InChI=1S/C13H21N3O2/c1-9(2)18-12-7-10(14)6-11(8-12)16-5-3-4-13(15)17/h6-9,16H,3-5,14H2,1-2H3,(H2,15,17). The monoisotopic (exact) mass is 251 g/mol. The van der Waals surface area contributed by atoms with E-state index in [0.717, 1.165) is 11.4 Å². The number of rotatable bonds is 7. The number of carbonyl (C=O) groups excluding carboxylic acids is 1. The van der Waals surface area contributed by atoms with E-state index in [0.29, 0.717) is 25.1 Å². The highest BCUT2D eigenvalue weighted by Crippen LogP contribution is 2.23. The number of amides is 1. The predicted molar refractivity (Wildman–Crippen MR) is 73.5 cm³/mol. The van der Waals surface area contributed by atoms with Crippen LogP contribution >= 0.6 is 0 Å². The van der Waals surface area contributed by atoms with Gasteiger partial charge in [-0.05, 0) is 26.3 Å². The van der Waals surface area contributed by atoms with Gasteiger partial charge in [-0.1, -0.05) is 0 Å². The van der Waals surface area contributed by atoms with E-state index in [1.54, 1.807) is 6.07 Å². The molecule has 0 saturated carbocycles. The van der Waals surface area contributed by atoms with Crippen LogP contribution in [0.1, 0.15) is 26.7 Å². The molecule has 0 aliphatic carbocycles. The first-order chi connectivity index (χ1) is 8.47. The molecule has 0 heterocycles. The Hall–Kier alpha value is -1.91. The molecule has 18 heavy (non-hydrogen) atoms. The Morgan fingerprint density at radius 1 is 1.39 bits per heavy atom. The van der Waals surface area contributed by atoms with Crippen molar-refractivity contribution in [3.05, 3.63) is 18.2 Å². The Bertz CT molecular complexity index is 405. The van der Waals surface area contributed by atoms with Crippen molar-refractivity contribution in [3.8, 4) is 5.75 Å². The van der Waals surface area contributed by atoms with Crippen LogP contribution in [0.2, 0.25) is 0 Å². The molecule has 100 valence electrons. The van der Waals surface area contributed by atoms with Crippen LogP contribution in [-0.4, -0.2) is 18.6 Å². The van der Waals surface area contributed by atoms with Gasteiger partial charge in [0.15, 0.2) is 0 Å². The summed E-state index contributed by atoms with van der Waals surface area (Å²) in [5, 5.41) is 3.19. The van der Waals surface area contributed by atoms with E-state index in [2.05, 4.69) is 5.32 Å². The molecule has 5 nitrogen and oxygen atoms in total. The maximum atomic E-state index is 10.6. The predicted octanol–water partition coefficient (Wildman–Crippen LogP) is 1.73. The number of hydrogen-bond donors (Lipinski definition) is 3. The van der Waals surface area contributed by atoms with Gasteiger partial charge in [0.2, 0.25) is 5.91 Å². The first-order valence-corrected chi connectivity index (χ1v) is 6.07. The van der Waals surface area contributed by atoms with Crippen LogP contribution in [0, 0.1) is 0 Å². The van der Waals surface area contributed by atoms with Crippen molar-refractivity contribution in [2.75, 3.05) is 17.6 Å². The summed E-state index contributed by atoms with van der Waals surface area (Å²) < 4.78 is 5.59. The molecule has 1 aromatic carbocycles. The van der Waals surface area contributed by atoms with E-state index in [4.69, 9.17) is 16.2 Å². The summed E-state index contributed by atoms with van der Waals surface area (Å²) in [7, 11) is 0. The van der Waals surface area contributed by atoms with Crippen LogP contribution in [0.5, 0.6) is 5.75 Å². The van der Waals surface area contributed by atoms with Gasteiger partial charge in [-0.2, -0.15) is 0 Å². The number of anilines is 2. The molecule has 1 amide bonds. The average Bonchev–Trinajstić information content (AvgIpc) is 2.22. The molecular formula is C13H21N3O2. The zero-order valence-electron chi connectivity index (χ0n) is 10.9. The van der Waals surface area contributed by atoms with Crippen molar-refractivity contribution in [2.24, 2.45) is 5.73 Å². The number of primary amides is 1. The summed E-state index contributed by atoms with van der Waals surface area (Å²) in [6, 6.07) is 5.51. The first kappa shape index (κ1) is 14.2. The Kier molecular flexibility index (Phi) is 5.30. The molecule has 0 aliphatic heterocycles. The molecule has 5 N–H and O–H groups in total. The fourth-order valence-electron chi connectivity index (χ4n) is 1.56. The summed E-state index contributed by atoms with van der Waals surface area (Å²) in [5.41, 5.74) is 12.4. The Balaban J connectivity index is 2.54. The minimum Gasteiger partial charge on any atom is -0.491 e. The lowest BCUT2D eigenvalue weighted by Gasteiger charge is -2.13. The minimum atomic E-state index is -0.284. The fourth-order valence-corrected chi connectivity index (χ4v) is 1.56. The summed E-state index contributed by atoms with van der Waals surface area (Å²) in [5.74, 6) is 0.454. The molecule has 0 saturated heterocycles. The second-order valence-electron chi connectivity index (χ2n) is 4.45. The van der Waals surface area contributed by atoms with Crippen LogP contribution in [0.25, 0.3) is 0 Å². The van der Waals surface area contributed by atoms with Gasteiger partial charge >= 0.3 is 0 Å². The highest BCUT2D eigenvalue weighted by Gasteiger charge is 2.02. The quantitative estimate of drug-likeness (QED) is 0.508. The van der Waals surface area contributed by atoms with Crippen LogP contribution < -0.4 is 21.5 Å². The van der Waals surface area contributed by atoms with Gasteiger partial charge in [0, 0.05) is 36.5 Å². The average molecular weight is 251 g/mol. The highest BCUT2D eigenvalue weighted by molar-refractivity contribution is 5.73. The topological polar surface area (TPSA) is 90.4 Å². The van der Waals surface area contributed by atoms with Gasteiger partial charge in [0.05, 0.1) is 6.10 Å². The molecule has 0 bridgehead atoms. The van der Waals surface area contributed by atoms with E-state index in [-0.39, 0.29) is 12.0 Å². The molecule has 0 aliphatic rings. The van der Waals surface area contributed by atoms with Crippen LogP contribution in [0.4, 0.5) is 11.4 Å². The second kappa shape index (κ2) is 6.74. The highest BCUT2D eigenvalue weighted by atomic mass is 16.5. The molecule has 1 aromatic rings. The van der Waals surface area contributed by atoms with Crippen molar-refractivity contribution in [1.29, 1.82) is 0 Å². The molecule has 0 fully saturated rings. The molecule has 1 rings (SSSR count). The largest absolute Gasteiger partial charge is 0.491 e. The van der Waals surface area contributed by atoms with Gasteiger partial charge < -0.3 is 21.5 Å². The lowest BCUT2D eigenvalue weighted by atomic mass is 10.2. The van der Waals surface area contributed by atoms with Crippen molar-refractivity contribution in [1.82, 2.24) is 0 Å². The maximum absolute atomic E-state index is 10.6. The number of nitrogens with two attached hydrogens (primary N) is 2. The number of hydrogen-bond acceptors (Lipinski definition) is 4. The van der Waals surface area contributed by atoms with Gasteiger partial charge in [0.25, 0.3) is 0 Å². The second-order valence-corrected chi connectivity index (χ2v) is 4.45. The van der Waals surface area contributed by atoms with Crippen molar-refractivity contribution in [2.45, 2.75) is 32.8 Å². The van der Waals surface area contributed by atoms with E-state index < -0.39 is 0 Å². The van der Waals surface area contributed by atoms with Crippen LogP contribution in [-0.2, 0) is 4.79 Å². The van der Waals surface area contributed by atoms with Gasteiger partial charge in [-0.3, -0.25) is 4.79 Å². The molecule has 0 unspecified atom stereocenters. The summed E-state index contributed by atoms with van der Waals surface area (Å²) >= 11 is 0. The van der Waals surface area contributed by atoms with Crippen LogP contribution in [0.3, 0.4) is 0 Å². The van der Waals surface area contributed by atoms with Gasteiger partial charge in [0.1, 0.15) is 5.75 Å². The summed E-state index contributed by atoms with van der Waals surface area (Å²) in [6.45, 7) is 4.60.